The molecule has 5 rings (SSSR count). The van der Waals surface area contributed by atoms with E-state index in [1.54, 1.807) is 0 Å². The Bertz CT molecular complexity index is 1840. The zero-order chi connectivity index (χ0) is 34.8. The molecule has 0 bridgehead atoms. The van der Waals surface area contributed by atoms with Crippen LogP contribution in [0.5, 0.6) is 0 Å². The number of esters is 1. The lowest BCUT2D eigenvalue weighted by atomic mass is 9.77. The highest BCUT2D eigenvalue weighted by molar-refractivity contribution is 6.03. The van der Waals surface area contributed by atoms with Gasteiger partial charge >= 0.3 is 5.97 Å². The van der Waals surface area contributed by atoms with Gasteiger partial charge in [-0.1, -0.05) is 91.0 Å². The number of carbonyl (C=O) groups is 4. The van der Waals surface area contributed by atoms with Gasteiger partial charge < -0.3 is 20.7 Å². The van der Waals surface area contributed by atoms with Crippen molar-refractivity contribution in [3.05, 3.63) is 177 Å². The van der Waals surface area contributed by atoms with Crippen molar-refractivity contribution in [2.45, 2.75) is 18.0 Å². The standard InChI is InChI=1S/C38H32N4O7/c1-49-37(46)27-17-21-31(22-18-27)39-36(45)33(40-35(44)26-19-23-32(24-20-26)42(47)48)25-34(43)41-38(28-11-5-2-6-12-28,29-13-7-3-8-14-29)30-15-9-4-10-16-30/h2-24,33H,25H2,1H3,(H,39,45)(H,40,44)(H,41,43)/t33-/m0/s1. The van der Waals surface area contributed by atoms with Crippen molar-refractivity contribution in [3.8, 4) is 0 Å². The number of benzene rings is 5. The minimum absolute atomic E-state index is 0.0541. The summed E-state index contributed by atoms with van der Waals surface area (Å²) in [6, 6.07) is 37.6. The second-order valence-electron chi connectivity index (χ2n) is 11.0. The number of carbonyl (C=O) groups excluding carboxylic acids is 4. The van der Waals surface area contributed by atoms with Crippen molar-refractivity contribution in [1.29, 1.82) is 0 Å². The fourth-order valence-corrected chi connectivity index (χ4v) is 5.45. The first-order valence-corrected chi connectivity index (χ1v) is 15.2. The number of nitrogens with zero attached hydrogens (tertiary/aromatic N) is 1. The first kappa shape index (κ1) is 33.7. The molecular formula is C38H32N4O7. The number of nitro groups is 1. The summed E-state index contributed by atoms with van der Waals surface area (Å²) in [6.45, 7) is 0. The maximum absolute atomic E-state index is 14.2. The van der Waals surface area contributed by atoms with Crippen molar-refractivity contribution >= 4 is 35.1 Å². The molecule has 0 aromatic heterocycles. The Morgan fingerprint density at radius 2 is 1.16 bits per heavy atom. The minimum atomic E-state index is -1.39. The Kier molecular flexibility index (Phi) is 10.5. The number of anilines is 1. The fraction of sp³-hybridized carbons (Fsp3) is 0.105. The number of nitro benzene ring substituents is 1. The van der Waals surface area contributed by atoms with Crippen LogP contribution >= 0.6 is 0 Å². The lowest BCUT2D eigenvalue weighted by Gasteiger charge is -2.37. The molecule has 1 atom stereocenters. The first-order chi connectivity index (χ1) is 23.7. The number of nitrogens with one attached hydrogen (secondary N) is 3. The number of methoxy groups -OCH3 is 1. The van der Waals surface area contributed by atoms with Crippen LogP contribution in [0.15, 0.2) is 140 Å². The van der Waals surface area contributed by atoms with Crippen LogP contribution in [0.1, 0.15) is 43.8 Å². The van der Waals surface area contributed by atoms with Crippen molar-refractivity contribution in [3.63, 3.8) is 0 Å². The summed E-state index contributed by atoms with van der Waals surface area (Å²) in [5.74, 6) is -2.53. The molecule has 0 saturated heterocycles. The van der Waals surface area contributed by atoms with Gasteiger partial charge in [-0.05, 0) is 53.1 Å². The quantitative estimate of drug-likeness (QED) is 0.0681. The molecule has 0 aliphatic rings. The molecule has 0 unspecified atom stereocenters. The van der Waals surface area contributed by atoms with Gasteiger partial charge in [-0.15, -0.1) is 0 Å². The SMILES string of the molecule is COC(=O)c1ccc(NC(=O)[C@H](CC(=O)NC(c2ccccc2)(c2ccccc2)c2ccccc2)NC(=O)c2ccc([N+](=O)[O-])cc2)cc1. The second-order valence-corrected chi connectivity index (χ2v) is 11.0. The largest absolute Gasteiger partial charge is 0.465 e. The van der Waals surface area contributed by atoms with Gasteiger partial charge in [0, 0.05) is 23.4 Å². The van der Waals surface area contributed by atoms with E-state index in [4.69, 9.17) is 4.74 Å². The monoisotopic (exact) mass is 656 g/mol. The molecule has 0 radical (unpaired) electrons. The maximum atomic E-state index is 14.2. The van der Waals surface area contributed by atoms with Gasteiger partial charge in [0.05, 0.1) is 24.0 Å². The van der Waals surface area contributed by atoms with E-state index in [0.717, 1.165) is 16.7 Å². The van der Waals surface area contributed by atoms with Gasteiger partial charge in [0.2, 0.25) is 11.8 Å². The van der Waals surface area contributed by atoms with E-state index in [2.05, 4.69) is 16.0 Å². The van der Waals surface area contributed by atoms with E-state index < -0.39 is 46.6 Å². The van der Waals surface area contributed by atoms with Gasteiger partial charge in [0.25, 0.3) is 11.6 Å². The van der Waals surface area contributed by atoms with Gasteiger partial charge in [-0.3, -0.25) is 24.5 Å². The average molecular weight is 657 g/mol. The highest BCUT2D eigenvalue weighted by Gasteiger charge is 2.39. The van der Waals surface area contributed by atoms with Gasteiger partial charge in [0.15, 0.2) is 0 Å². The molecule has 49 heavy (non-hydrogen) atoms. The molecule has 0 spiro atoms. The van der Waals surface area contributed by atoms with Gasteiger partial charge in [0.1, 0.15) is 11.6 Å². The van der Waals surface area contributed by atoms with E-state index >= 15 is 0 Å². The van der Waals surface area contributed by atoms with E-state index in [9.17, 15) is 29.3 Å². The van der Waals surface area contributed by atoms with E-state index in [1.165, 1.54) is 55.6 Å². The van der Waals surface area contributed by atoms with Crippen LogP contribution in [0.3, 0.4) is 0 Å². The first-order valence-electron chi connectivity index (χ1n) is 15.2. The molecule has 11 nitrogen and oxygen atoms in total. The molecule has 0 heterocycles. The van der Waals surface area contributed by atoms with Crippen LogP contribution < -0.4 is 16.0 Å². The summed E-state index contributed by atoms with van der Waals surface area (Å²) < 4.78 is 4.73. The predicted molar refractivity (Wildman–Crippen MR) is 183 cm³/mol. The van der Waals surface area contributed by atoms with Crippen LogP contribution in [0.4, 0.5) is 11.4 Å². The Morgan fingerprint density at radius 1 is 0.694 bits per heavy atom. The normalized spacial score (nSPS) is 11.4. The van der Waals surface area contributed by atoms with Crippen LogP contribution in [0, 0.1) is 10.1 Å². The summed E-state index contributed by atoms with van der Waals surface area (Å²) in [6.07, 6.45) is -0.473. The third-order valence-electron chi connectivity index (χ3n) is 7.87. The third kappa shape index (κ3) is 7.86. The molecule has 3 amide bonds. The Labute approximate surface area is 282 Å². The molecule has 0 aliphatic carbocycles. The topological polar surface area (TPSA) is 157 Å². The molecule has 0 saturated carbocycles. The molecular weight excluding hydrogens is 624 g/mol. The van der Waals surface area contributed by atoms with Crippen molar-refractivity contribution < 1.29 is 28.8 Å². The average Bonchev–Trinajstić information content (AvgIpc) is 3.14. The van der Waals surface area contributed by atoms with Crippen molar-refractivity contribution in [2.75, 3.05) is 12.4 Å². The summed E-state index contributed by atoms with van der Waals surface area (Å²) in [4.78, 5) is 63.6. The molecule has 11 heteroatoms. The zero-order valence-corrected chi connectivity index (χ0v) is 26.4. The van der Waals surface area contributed by atoms with Crippen molar-refractivity contribution in [1.82, 2.24) is 10.6 Å². The molecule has 5 aromatic carbocycles. The maximum Gasteiger partial charge on any atom is 0.337 e. The lowest BCUT2D eigenvalue weighted by Crippen LogP contribution is -2.52. The van der Waals surface area contributed by atoms with E-state index in [-0.39, 0.29) is 16.8 Å². The van der Waals surface area contributed by atoms with Gasteiger partial charge in [-0.25, -0.2) is 4.79 Å². The number of hydrogen-bond donors (Lipinski definition) is 3. The van der Waals surface area contributed by atoms with Crippen LogP contribution in [-0.2, 0) is 19.9 Å². The van der Waals surface area contributed by atoms with Crippen molar-refractivity contribution in [2.24, 2.45) is 0 Å². The summed E-state index contributed by atoms with van der Waals surface area (Å²) in [7, 11) is 1.25. The molecule has 0 fully saturated rings. The molecule has 0 aliphatic heterocycles. The fourth-order valence-electron chi connectivity index (χ4n) is 5.45. The number of rotatable bonds is 12. The zero-order valence-electron chi connectivity index (χ0n) is 26.4. The minimum Gasteiger partial charge on any atom is -0.465 e. The lowest BCUT2D eigenvalue weighted by molar-refractivity contribution is -0.384. The van der Waals surface area contributed by atoms with E-state index in [1.807, 2.05) is 91.0 Å². The predicted octanol–water partition coefficient (Wildman–Crippen LogP) is 5.62. The highest BCUT2D eigenvalue weighted by atomic mass is 16.6. The number of non-ortho nitro benzene ring substituents is 1. The van der Waals surface area contributed by atoms with Crippen LogP contribution in [0.2, 0.25) is 0 Å². The Morgan fingerprint density at radius 3 is 1.61 bits per heavy atom. The Hall–Kier alpha value is -6.62. The van der Waals surface area contributed by atoms with Gasteiger partial charge in [-0.2, -0.15) is 0 Å². The smallest absolute Gasteiger partial charge is 0.337 e. The van der Waals surface area contributed by atoms with Crippen LogP contribution in [0.25, 0.3) is 0 Å². The van der Waals surface area contributed by atoms with Crippen LogP contribution in [-0.4, -0.2) is 41.8 Å². The third-order valence-corrected chi connectivity index (χ3v) is 7.87. The summed E-state index contributed by atoms with van der Waals surface area (Å²) in [5.41, 5.74) is 1.54. The molecule has 246 valence electrons. The number of amides is 3. The van der Waals surface area contributed by atoms with E-state index in [0.29, 0.717) is 5.69 Å². The summed E-state index contributed by atoms with van der Waals surface area (Å²) >= 11 is 0. The molecule has 5 aromatic rings. The highest BCUT2D eigenvalue weighted by Crippen LogP contribution is 2.37. The molecule has 3 N–H and O–H groups in total. The summed E-state index contributed by atoms with van der Waals surface area (Å²) in [5, 5.41) is 19.6. The number of hydrogen-bond acceptors (Lipinski definition) is 7. The Balaban J connectivity index is 1.48. The second kappa shape index (κ2) is 15.3. The number of ether oxygens (including phenoxy) is 1.